The van der Waals surface area contributed by atoms with Crippen molar-refractivity contribution in [3.05, 3.63) is 76.3 Å². The molecule has 0 amide bonds. The lowest BCUT2D eigenvalue weighted by molar-refractivity contribution is 0.394. The molecule has 0 unspecified atom stereocenters. The maximum Gasteiger partial charge on any atom is 0.332 e. The van der Waals surface area contributed by atoms with Crippen LogP contribution in [-0.4, -0.2) is 19.7 Å². The van der Waals surface area contributed by atoms with Crippen LogP contribution in [0.4, 0.5) is 0 Å². The molecular formula is C21H20Cl2N4O4. The smallest absolute Gasteiger partial charge is 0.332 e. The van der Waals surface area contributed by atoms with Gasteiger partial charge >= 0.3 is 5.69 Å². The highest BCUT2D eigenvalue weighted by Gasteiger charge is 2.33. The maximum atomic E-state index is 12.4. The molecule has 0 aliphatic heterocycles. The average molecular weight is 463 g/mol. The number of fused-ring (bicyclic) bond motifs is 1. The van der Waals surface area contributed by atoms with Gasteiger partial charge in [-0.2, -0.15) is 0 Å². The number of benzene rings is 1. The number of aromatic amines is 2. The molecule has 4 rings (SSSR count). The second-order valence-electron chi connectivity index (χ2n) is 8.23. The molecule has 0 saturated carbocycles. The van der Waals surface area contributed by atoms with Gasteiger partial charge in [0, 0.05) is 22.9 Å². The van der Waals surface area contributed by atoms with Crippen LogP contribution in [0, 0.1) is 6.92 Å². The Kier molecular flexibility index (Phi) is 5.31. The van der Waals surface area contributed by atoms with Crippen molar-refractivity contribution in [2.75, 3.05) is 0 Å². The lowest BCUT2D eigenvalue weighted by Gasteiger charge is -2.31. The summed E-state index contributed by atoms with van der Waals surface area (Å²) in [6.07, 6.45) is 3.85. The van der Waals surface area contributed by atoms with E-state index in [9.17, 15) is 14.4 Å². The Labute approximate surface area is 186 Å². The van der Waals surface area contributed by atoms with Gasteiger partial charge in [-0.1, -0.05) is 37.0 Å². The topological polar surface area (TPSA) is 110 Å². The molecule has 1 aliphatic rings. The number of H-pyrrole nitrogens is 2. The Hall–Kier alpha value is -2.84. The van der Waals surface area contributed by atoms with E-state index in [0.717, 1.165) is 18.4 Å². The number of aromatic nitrogens is 4. The molecule has 1 aliphatic carbocycles. The van der Waals surface area contributed by atoms with Crippen molar-refractivity contribution in [2.45, 2.75) is 45.4 Å². The Morgan fingerprint density at radius 3 is 2.48 bits per heavy atom. The molecule has 162 valence electrons. The van der Waals surface area contributed by atoms with Gasteiger partial charge in [0.15, 0.2) is 5.75 Å². The van der Waals surface area contributed by atoms with Crippen LogP contribution in [0.1, 0.15) is 43.4 Å². The van der Waals surface area contributed by atoms with Gasteiger partial charge < -0.3 is 4.74 Å². The summed E-state index contributed by atoms with van der Waals surface area (Å²) in [5.41, 5.74) is 0.510. The molecule has 0 fully saturated rings. The summed E-state index contributed by atoms with van der Waals surface area (Å²) in [7, 11) is 0. The standard InChI is InChI=1S/C21H20Cl2N4O4/c1-10-9-27(20(30)24-17(10)28)11-7-13(22)16(14(23)8-11)31-19-12-5-4-6-21(2,3)15(12)18(29)25-26-19/h7-9H,4-6H2,1-3H3,(H,25,29)(H,24,28,30). The number of nitrogens with zero attached hydrogens (tertiary/aromatic N) is 2. The minimum Gasteiger partial charge on any atom is -0.434 e. The second-order valence-corrected chi connectivity index (χ2v) is 9.05. The number of nitrogens with one attached hydrogen (secondary N) is 2. The van der Waals surface area contributed by atoms with Gasteiger partial charge in [0.25, 0.3) is 11.1 Å². The summed E-state index contributed by atoms with van der Waals surface area (Å²) in [6, 6.07) is 3.01. The Morgan fingerprint density at radius 2 is 1.81 bits per heavy atom. The number of ether oxygens (including phenoxy) is 1. The van der Waals surface area contributed by atoms with Crippen molar-refractivity contribution in [3.8, 4) is 17.3 Å². The first-order valence-electron chi connectivity index (χ1n) is 9.70. The van der Waals surface area contributed by atoms with Crippen molar-refractivity contribution < 1.29 is 4.74 Å². The van der Waals surface area contributed by atoms with Gasteiger partial charge in [-0.05, 0) is 43.7 Å². The molecule has 3 aromatic rings. The number of hydrogen-bond donors (Lipinski definition) is 2. The molecule has 10 heteroatoms. The summed E-state index contributed by atoms with van der Waals surface area (Å²) in [4.78, 5) is 38.5. The number of rotatable bonds is 3. The van der Waals surface area contributed by atoms with Crippen LogP contribution in [0.2, 0.25) is 10.0 Å². The molecule has 31 heavy (non-hydrogen) atoms. The molecular weight excluding hydrogens is 443 g/mol. The summed E-state index contributed by atoms with van der Waals surface area (Å²) in [5, 5.41) is 6.88. The van der Waals surface area contributed by atoms with E-state index in [1.807, 2.05) is 13.8 Å². The first kappa shape index (κ1) is 21.4. The summed E-state index contributed by atoms with van der Waals surface area (Å²) >= 11 is 12.9. The van der Waals surface area contributed by atoms with Crippen LogP contribution in [0.15, 0.2) is 32.7 Å². The normalized spacial score (nSPS) is 14.9. The fourth-order valence-corrected chi connectivity index (χ4v) is 4.52. The zero-order chi connectivity index (χ0) is 22.5. The van der Waals surface area contributed by atoms with E-state index in [-0.39, 0.29) is 32.6 Å². The molecule has 8 nitrogen and oxygen atoms in total. The zero-order valence-corrected chi connectivity index (χ0v) is 18.6. The van der Waals surface area contributed by atoms with Crippen molar-refractivity contribution in [1.82, 2.24) is 19.7 Å². The van der Waals surface area contributed by atoms with Crippen molar-refractivity contribution in [2.24, 2.45) is 0 Å². The van der Waals surface area contributed by atoms with E-state index >= 15 is 0 Å². The van der Waals surface area contributed by atoms with E-state index in [0.29, 0.717) is 23.2 Å². The third-order valence-corrected chi connectivity index (χ3v) is 6.09. The molecule has 0 radical (unpaired) electrons. The van der Waals surface area contributed by atoms with Crippen molar-refractivity contribution >= 4 is 23.2 Å². The molecule has 2 aromatic heterocycles. The van der Waals surface area contributed by atoms with Gasteiger partial charge in [-0.25, -0.2) is 9.89 Å². The maximum absolute atomic E-state index is 12.4. The molecule has 2 N–H and O–H groups in total. The zero-order valence-electron chi connectivity index (χ0n) is 17.1. The highest BCUT2D eigenvalue weighted by Crippen LogP contribution is 2.42. The predicted molar refractivity (Wildman–Crippen MR) is 118 cm³/mol. The third-order valence-electron chi connectivity index (χ3n) is 5.53. The first-order chi connectivity index (χ1) is 14.6. The SMILES string of the molecule is Cc1cn(-c2cc(Cl)c(Oc3n[nH]c(=O)c4c3CCCC4(C)C)c(Cl)c2)c(=O)[nH]c1=O. The van der Waals surface area contributed by atoms with Gasteiger partial charge in [0.2, 0.25) is 5.88 Å². The Bertz CT molecular complexity index is 1350. The molecule has 1 aromatic carbocycles. The fraction of sp³-hybridized carbons (Fsp3) is 0.333. The summed E-state index contributed by atoms with van der Waals surface area (Å²) in [5.74, 6) is 0.405. The fourth-order valence-electron chi connectivity index (χ4n) is 3.97. The third kappa shape index (κ3) is 3.81. The minimum atomic E-state index is -0.616. The van der Waals surface area contributed by atoms with E-state index < -0.39 is 11.2 Å². The predicted octanol–water partition coefficient (Wildman–Crippen LogP) is 3.63. The van der Waals surface area contributed by atoms with Crippen LogP contribution < -0.4 is 21.5 Å². The van der Waals surface area contributed by atoms with E-state index in [1.54, 1.807) is 6.92 Å². The molecule has 0 spiro atoms. The monoisotopic (exact) mass is 462 g/mol. The lowest BCUT2D eigenvalue weighted by Crippen LogP contribution is -2.33. The highest BCUT2D eigenvalue weighted by molar-refractivity contribution is 6.37. The molecule has 0 atom stereocenters. The van der Waals surface area contributed by atoms with Gasteiger partial charge in [-0.15, -0.1) is 5.10 Å². The molecule has 0 bridgehead atoms. The number of halogens is 2. The van der Waals surface area contributed by atoms with Crippen LogP contribution in [0.5, 0.6) is 11.6 Å². The number of hydrogen-bond acceptors (Lipinski definition) is 5. The molecule has 0 saturated heterocycles. The summed E-state index contributed by atoms with van der Waals surface area (Å²) in [6.45, 7) is 5.62. The van der Waals surface area contributed by atoms with E-state index in [2.05, 4.69) is 15.2 Å². The van der Waals surface area contributed by atoms with Crippen LogP contribution in [-0.2, 0) is 11.8 Å². The van der Waals surface area contributed by atoms with Gasteiger partial charge in [0.05, 0.1) is 15.7 Å². The van der Waals surface area contributed by atoms with E-state index in [4.69, 9.17) is 27.9 Å². The first-order valence-corrected chi connectivity index (χ1v) is 10.5. The van der Waals surface area contributed by atoms with Gasteiger partial charge in [0.1, 0.15) is 0 Å². The summed E-state index contributed by atoms with van der Waals surface area (Å²) < 4.78 is 7.20. The largest absolute Gasteiger partial charge is 0.434 e. The van der Waals surface area contributed by atoms with Gasteiger partial charge in [-0.3, -0.25) is 19.1 Å². The van der Waals surface area contributed by atoms with Crippen LogP contribution in [0.25, 0.3) is 5.69 Å². The van der Waals surface area contributed by atoms with Crippen LogP contribution in [0.3, 0.4) is 0 Å². The number of aryl methyl sites for hydroxylation is 1. The quantitative estimate of drug-likeness (QED) is 0.617. The highest BCUT2D eigenvalue weighted by atomic mass is 35.5. The van der Waals surface area contributed by atoms with Crippen molar-refractivity contribution in [3.63, 3.8) is 0 Å². The van der Waals surface area contributed by atoms with E-state index in [1.165, 1.54) is 22.9 Å². The average Bonchev–Trinajstić information content (AvgIpc) is 2.68. The van der Waals surface area contributed by atoms with Crippen LogP contribution >= 0.6 is 23.2 Å². The molecule has 2 heterocycles. The Morgan fingerprint density at radius 1 is 1.13 bits per heavy atom. The minimum absolute atomic E-state index is 0.148. The Balaban J connectivity index is 1.79. The van der Waals surface area contributed by atoms with Crippen molar-refractivity contribution in [1.29, 1.82) is 0 Å². The lowest BCUT2D eigenvalue weighted by atomic mass is 9.74. The second kappa shape index (κ2) is 7.69.